The van der Waals surface area contributed by atoms with E-state index < -0.39 is 11.4 Å². The third-order valence-electron chi connectivity index (χ3n) is 3.76. The van der Waals surface area contributed by atoms with Crippen LogP contribution < -0.4 is 0 Å². The molecular weight excluding hydrogens is 328 g/mol. The molecule has 0 aromatic rings. The molecule has 0 fully saturated rings. The number of ether oxygens (including phenoxy) is 1. The summed E-state index contributed by atoms with van der Waals surface area (Å²) in [5, 5.41) is 8.73. The van der Waals surface area contributed by atoms with Gasteiger partial charge in [0.05, 0.1) is 17.6 Å². The fourth-order valence-electron chi connectivity index (χ4n) is 2.83. The molecule has 1 N–H and O–H groups in total. The largest absolute Gasteiger partial charge is 0.481 e. The zero-order chi connectivity index (χ0) is 21.2. The van der Waals surface area contributed by atoms with Crippen molar-refractivity contribution in [2.45, 2.75) is 81.1 Å². The van der Waals surface area contributed by atoms with E-state index in [4.69, 9.17) is 9.84 Å². The van der Waals surface area contributed by atoms with Crippen LogP contribution in [0.5, 0.6) is 0 Å². The summed E-state index contributed by atoms with van der Waals surface area (Å²) in [6, 6.07) is 0. The predicted molar refractivity (Wildman–Crippen MR) is 109 cm³/mol. The maximum absolute atomic E-state index is 11.4. The molecule has 4 nitrogen and oxygen atoms in total. The molecule has 0 aromatic heterocycles. The molecule has 0 radical (unpaired) electrons. The van der Waals surface area contributed by atoms with E-state index in [1.807, 2.05) is 13.8 Å². The monoisotopic (exact) mass is 368 g/mol. The van der Waals surface area contributed by atoms with Crippen LogP contribution in [-0.4, -0.2) is 17.0 Å². The Balaban J connectivity index is 0. The Labute approximate surface area is 160 Å². The second-order valence-electron chi connectivity index (χ2n) is 9.83. The van der Waals surface area contributed by atoms with Gasteiger partial charge >= 0.3 is 11.9 Å². The molecule has 26 heavy (non-hydrogen) atoms. The van der Waals surface area contributed by atoms with E-state index >= 15 is 0 Å². The van der Waals surface area contributed by atoms with Crippen LogP contribution in [0.1, 0.15) is 81.1 Å². The molecule has 4 heteroatoms. The van der Waals surface area contributed by atoms with Crippen LogP contribution in [0.15, 0.2) is 25.5 Å². The molecule has 0 rings (SSSR count). The number of rotatable bonds is 8. The van der Waals surface area contributed by atoms with Gasteiger partial charge in [0.1, 0.15) is 0 Å². The second-order valence-corrected chi connectivity index (χ2v) is 9.83. The minimum absolute atomic E-state index is 0.129. The van der Waals surface area contributed by atoms with Crippen molar-refractivity contribution in [3.05, 3.63) is 25.5 Å². The van der Waals surface area contributed by atoms with Gasteiger partial charge in [0.2, 0.25) is 0 Å². The van der Waals surface area contributed by atoms with Crippen LogP contribution in [0.2, 0.25) is 0 Å². The van der Waals surface area contributed by atoms with Crippen molar-refractivity contribution in [1.82, 2.24) is 0 Å². The number of esters is 1. The molecule has 0 saturated carbocycles. The molecule has 0 aliphatic heterocycles. The fourth-order valence-corrected chi connectivity index (χ4v) is 2.83. The van der Waals surface area contributed by atoms with E-state index in [1.165, 1.54) is 12.3 Å². The molecule has 0 spiro atoms. The highest BCUT2D eigenvalue weighted by atomic mass is 16.5. The lowest BCUT2D eigenvalue weighted by Gasteiger charge is -2.29. The number of aliphatic carboxylic acids is 1. The van der Waals surface area contributed by atoms with Crippen molar-refractivity contribution in [3.8, 4) is 0 Å². The van der Waals surface area contributed by atoms with E-state index in [0.717, 1.165) is 19.3 Å². The topological polar surface area (TPSA) is 63.6 Å². The Morgan fingerprint density at radius 3 is 1.81 bits per heavy atom. The van der Waals surface area contributed by atoms with Crippen molar-refractivity contribution >= 4 is 11.9 Å². The van der Waals surface area contributed by atoms with Crippen molar-refractivity contribution in [3.63, 3.8) is 0 Å². The van der Waals surface area contributed by atoms with E-state index in [2.05, 4.69) is 54.7 Å². The van der Waals surface area contributed by atoms with Gasteiger partial charge in [-0.25, -0.2) is 0 Å². The van der Waals surface area contributed by atoms with Gasteiger partial charge in [0.15, 0.2) is 0 Å². The number of carbonyl (C=O) groups excluding carboxylic acids is 1. The van der Waals surface area contributed by atoms with Crippen LogP contribution in [-0.2, 0) is 14.3 Å². The SMILES string of the molecule is C=CC(CCCC(C)(C)C)C(=O)O.C=COC(=O)C(C)(C)CC(C)(C)C. The van der Waals surface area contributed by atoms with Gasteiger partial charge < -0.3 is 9.84 Å². The lowest BCUT2D eigenvalue weighted by atomic mass is 9.76. The lowest BCUT2D eigenvalue weighted by Crippen LogP contribution is -2.30. The summed E-state index contributed by atoms with van der Waals surface area (Å²) < 4.78 is 4.78. The Kier molecular flexibility index (Phi) is 11.5. The molecular formula is C22H40O4. The van der Waals surface area contributed by atoms with E-state index in [-0.39, 0.29) is 17.3 Å². The molecule has 0 aliphatic rings. The number of carboxylic acid groups (broad SMARTS) is 1. The predicted octanol–water partition coefficient (Wildman–Crippen LogP) is 6.23. The van der Waals surface area contributed by atoms with Gasteiger partial charge in [0, 0.05) is 0 Å². The summed E-state index contributed by atoms with van der Waals surface area (Å²) in [5.41, 5.74) is -0.0135. The molecule has 1 unspecified atom stereocenters. The van der Waals surface area contributed by atoms with Gasteiger partial charge in [-0.15, -0.1) is 6.58 Å². The van der Waals surface area contributed by atoms with E-state index in [1.54, 1.807) is 0 Å². The van der Waals surface area contributed by atoms with Gasteiger partial charge in [0.25, 0.3) is 0 Å². The summed E-state index contributed by atoms with van der Waals surface area (Å²) >= 11 is 0. The van der Waals surface area contributed by atoms with Gasteiger partial charge in [-0.2, -0.15) is 0 Å². The molecule has 0 amide bonds. The van der Waals surface area contributed by atoms with Crippen molar-refractivity contribution < 1.29 is 19.4 Å². The van der Waals surface area contributed by atoms with Gasteiger partial charge in [-0.05, 0) is 43.9 Å². The Morgan fingerprint density at radius 1 is 1.00 bits per heavy atom. The Hall–Kier alpha value is -1.58. The van der Waals surface area contributed by atoms with Crippen LogP contribution in [0.4, 0.5) is 0 Å². The fraction of sp³-hybridized carbons (Fsp3) is 0.727. The first-order chi connectivity index (χ1) is 11.6. The normalized spacial score (nSPS) is 13.1. The highest BCUT2D eigenvalue weighted by Crippen LogP contribution is 2.34. The number of carboxylic acids is 1. The van der Waals surface area contributed by atoms with Crippen LogP contribution in [0, 0.1) is 22.2 Å². The number of hydrogen-bond acceptors (Lipinski definition) is 3. The third kappa shape index (κ3) is 14.7. The van der Waals surface area contributed by atoms with Crippen molar-refractivity contribution in [1.29, 1.82) is 0 Å². The van der Waals surface area contributed by atoms with E-state index in [0.29, 0.717) is 11.8 Å². The second kappa shape index (κ2) is 11.2. The Morgan fingerprint density at radius 2 is 1.50 bits per heavy atom. The summed E-state index contributed by atoms with van der Waals surface area (Å²) in [5.74, 6) is -1.34. The Bertz CT molecular complexity index is 462. The average Bonchev–Trinajstić information content (AvgIpc) is 2.40. The third-order valence-corrected chi connectivity index (χ3v) is 3.76. The quantitative estimate of drug-likeness (QED) is 0.313. The highest BCUT2D eigenvalue weighted by Gasteiger charge is 2.33. The molecule has 0 aliphatic carbocycles. The minimum Gasteiger partial charge on any atom is -0.481 e. The molecule has 152 valence electrons. The molecule has 1 atom stereocenters. The highest BCUT2D eigenvalue weighted by molar-refractivity contribution is 5.76. The van der Waals surface area contributed by atoms with Crippen LogP contribution in [0.25, 0.3) is 0 Å². The summed E-state index contributed by atoms with van der Waals surface area (Å²) in [6.45, 7) is 23.5. The van der Waals surface area contributed by atoms with Crippen LogP contribution >= 0.6 is 0 Å². The molecule has 0 saturated heterocycles. The standard InChI is InChI=1S/2C11H20O2/c1-7-13-9(12)11(5,6)8-10(2,3)4;1-5-9(10(12)13)7-6-8-11(2,3)4/h7H,1,8H2,2-6H3;5,9H,1,6-8H2,2-4H3,(H,12,13). The van der Waals surface area contributed by atoms with Crippen molar-refractivity contribution in [2.24, 2.45) is 22.2 Å². The van der Waals surface area contributed by atoms with Gasteiger partial charge in [-0.1, -0.05) is 60.6 Å². The first kappa shape index (κ1) is 26.6. The van der Waals surface area contributed by atoms with E-state index in [9.17, 15) is 9.59 Å². The zero-order valence-corrected chi connectivity index (χ0v) is 18.1. The lowest BCUT2D eigenvalue weighted by molar-refractivity contribution is -0.149. The number of hydrogen-bond donors (Lipinski definition) is 1. The molecule has 0 heterocycles. The maximum atomic E-state index is 11.4. The summed E-state index contributed by atoms with van der Waals surface area (Å²) in [4.78, 5) is 22.1. The molecule has 0 aromatic carbocycles. The average molecular weight is 369 g/mol. The maximum Gasteiger partial charge on any atom is 0.316 e. The minimum atomic E-state index is -0.760. The zero-order valence-electron chi connectivity index (χ0n) is 18.1. The molecule has 0 bridgehead atoms. The van der Waals surface area contributed by atoms with Crippen LogP contribution in [0.3, 0.4) is 0 Å². The first-order valence-electron chi connectivity index (χ1n) is 9.23. The summed E-state index contributed by atoms with van der Waals surface area (Å²) in [6.07, 6.45) is 6.22. The van der Waals surface area contributed by atoms with Crippen molar-refractivity contribution in [2.75, 3.05) is 0 Å². The first-order valence-corrected chi connectivity index (χ1v) is 9.23. The van der Waals surface area contributed by atoms with Gasteiger partial charge in [-0.3, -0.25) is 9.59 Å². The summed E-state index contributed by atoms with van der Waals surface area (Å²) in [7, 11) is 0. The smallest absolute Gasteiger partial charge is 0.316 e. The number of carbonyl (C=O) groups is 2.